The van der Waals surface area contributed by atoms with Crippen LogP contribution in [0.3, 0.4) is 0 Å². The minimum Gasteiger partial charge on any atom is -0.370 e. The van der Waals surface area contributed by atoms with E-state index >= 15 is 0 Å². The molecule has 0 N–H and O–H groups in total. The zero-order chi connectivity index (χ0) is 15.5. The highest BCUT2D eigenvalue weighted by molar-refractivity contribution is 5.43. The molecule has 1 aliphatic heterocycles. The predicted octanol–water partition coefficient (Wildman–Crippen LogP) is 2.42. The van der Waals surface area contributed by atoms with Gasteiger partial charge < -0.3 is 4.90 Å². The summed E-state index contributed by atoms with van der Waals surface area (Å²) in [4.78, 5) is 14.4. The highest BCUT2D eigenvalue weighted by Gasteiger charge is 2.19. The van der Waals surface area contributed by atoms with E-state index in [1.165, 1.54) is 17.5 Å². The Kier molecular flexibility index (Phi) is 4.66. The molecule has 1 aliphatic rings. The topological polar surface area (TPSA) is 61.9 Å². The smallest absolute Gasteiger partial charge is 0.268 e. The van der Waals surface area contributed by atoms with Gasteiger partial charge >= 0.3 is 0 Å². The summed E-state index contributed by atoms with van der Waals surface area (Å²) in [7, 11) is 0. The highest BCUT2D eigenvalue weighted by Crippen LogP contribution is 2.21. The van der Waals surface area contributed by atoms with Gasteiger partial charge in [-0.25, -0.2) is 4.68 Å². The Bertz CT molecular complexity index is 585. The maximum Gasteiger partial charge on any atom is 0.268 e. The molecule has 1 aromatic rings. The van der Waals surface area contributed by atoms with E-state index in [2.05, 4.69) is 23.0 Å². The molecule has 2 heterocycles. The van der Waals surface area contributed by atoms with Gasteiger partial charge in [0.05, 0.1) is 23.4 Å². The molecule has 0 amide bonds. The van der Waals surface area contributed by atoms with Gasteiger partial charge in [0.1, 0.15) is 0 Å². The monoisotopic (exact) mass is 288 g/mol. The van der Waals surface area contributed by atoms with Gasteiger partial charge in [0.25, 0.3) is 5.56 Å². The van der Waals surface area contributed by atoms with Gasteiger partial charge in [0, 0.05) is 25.7 Å². The molecule has 5 heteroatoms. The van der Waals surface area contributed by atoms with E-state index in [-0.39, 0.29) is 5.56 Å². The molecule has 1 aromatic heterocycles. The quantitative estimate of drug-likeness (QED) is 0.853. The van der Waals surface area contributed by atoms with Crippen molar-refractivity contribution in [2.45, 2.75) is 46.6 Å². The average Bonchev–Trinajstić information content (AvgIpc) is 2.46. The number of anilines is 1. The molecule has 21 heavy (non-hydrogen) atoms. The van der Waals surface area contributed by atoms with Crippen LogP contribution >= 0.6 is 0 Å². The lowest BCUT2D eigenvalue weighted by molar-refractivity contribution is 0.390. The second-order valence-corrected chi connectivity index (χ2v) is 6.71. The predicted molar refractivity (Wildman–Crippen MR) is 83.1 cm³/mol. The molecule has 2 rings (SSSR count). The number of hydrogen-bond donors (Lipinski definition) is 0. The molecule has 0 aromatic carbocycles. The lowest BCUT2D eigenvalue weighted by Crippen LogP contribution is -2.36. The van der Waals surface area contributed by atoms with E-state index in [0.29, 0.717) is 18.9 Å². The molecule has 0 bridgehead atoms. The van der Waals surface area contributed by atoms with E-state index in [4.69, 9.17) is 5.26 Å². The molecule has 114 valence electrons. The van der Waals surface area contributed by atoms with Crippen LogP contribution < -0.4 is 10.5 Å². The molecule has 0 radical (unpaired) electrons. The van der Waals surface area contributed by atoms with Crippen LogP contribution in [0.15, 0.2) is 17.1 Å². The van der Waals surface area contributed by atoms with Gasteiger partial charge in [-0.3, -0.25) is 4.79 Å². The number of nitrogens with zero attached hydrogens (tertiary/aromatic N) is 4. The van der Waals surface area contributed by atoms with E-state index in [9.17, 15) is 4.79 Å². The van der Waals surface area contributed by atoms with Crippen LogP contribution in [0.5, 0.6) is 0 Å². The van der Waals surface area contributed by atoms with Crippen LogP contribution in [0.25, 0.3) is 0 Å². The highest BCUT2D eigenvalue weighted by atomic mass is 16.1. The van der Waals surface area contributed by atoms with Crippen LogP contribution in [-0.2, 0) is 6.54 Å². The lowest BCUT2D eigenvalue weighted by atomic mass is 9.92. The molecule has 5 nitrogen and oxygen atoms in total. The van der Waals surface area contributed by atoms with Crippen LogP contribution in [0.1, 0.15) is 40.0 Å². The number of hydrogen-bond acceptors (Lipinski definition) is 4. The van der Waals surface area contributed by atoms with Gasteiger partial charge in [-0.05, 0) is 39.0 Å². The second kappa shape index (κ2) is 6.30. The summed E-state index contributed by atoms with van der Waals surface area (Å²) in [5.74, 6) is 0.664. The maximum atomic E-state index is 12.2. The fraction of sp³-hybridized carbons (Fsp3) is 0.688. The number of piperidine rings is 1. The second-order valence-electron chi connectivity index (χ2n) is 6.71. The number of rotatable bonds is 4. The first kappa shape index (κ1) is 15.6. The Morgan fingerprint density at radius 2 is 2.29 bits per heavy atom. The number of aryl methyl sites for hydroxylation is 1. The molecule has 0 saturated carbocycles. The third-order valence-electron chi connectivity index (χ3n) is 4.13. The van der Waals surface area contributed by atoms with Crippen molar-refractivity contribution in [3.05, 3.63) is 22.6 Å². The fourth-order valence-corrected chi connectivity index (χ4v) is 2.63. The van der Waals surface area contributed by atoms with Crippen LogP contribution in [0.4, 0.5) is 5.69 Å². The standard InChI is InChI=1S/C16H24N4O/c1-13-5-4-7-19(11-13)14-9-15(21)20(18-10-14)8-6-16(2,3)12-17/h9-10,13H,4-8,11H2,1-3H3. The molecule has 0 spiro atoms. The van der Waals surface area contributed by atoms with Crippen molar-refractivity contribution in [1.29, 1.82) is 5.26 Å². The first-order valence-corrected chi connectivity index (χ1v) is 7.65. The van der Waals surface area contributed by atoms with Crippen molar-refractivity contribution in [2.75, 3.05) is 18.0 Å². The Balaban J connectivity index is 2.07. The number of nitriles is 1. The normalized spacial score (nSPS) is 19.3. The van der Waals surface area contributed by atoms with Crippen LogP contribution in [0, 0.1) is 22.7 Å². The molecule has 1 saturated heterocycles. The van der Waals surface area contributed by atoms with E-state index in [0.717, 1.165) is 18.8 Å². The minimum atomic E-state index is -0.428. The van der Waals surface area contributed by atoms with E-state index < -0.39 is 5.41 Å². The Morgan fingerprint density at radius 3 is 2.90 bits per heavy atom. The Hall–Kier alpha value is -1.83. The molecule has 0 aliphatic carbocycles. The molecule has 1 fully saturated rings. The molecular weight excluding hydrogens is 264 g/mol. The Morgan fingerprint density at radius 1 is 1.52 bits per heavy atom. The SMILES string of the molecule is CC1CCCN(c2cnn(CCC(C)(C)C#N)c(=O)c2)C1. The first-order chi connectivity index (χ1) is 9.91. The summed E-state index contributed by atoms with van der Waals surface area (Å²) < 4.78 is 1.45. The van der Waals surface area contributed by atoms with Crippen LogP contribution in [0.2, 0.25) is 0 Å². The fourth-order valence-electron chi connectivity index (χ4n) is 2.63. The van der Waals surface area contributed by atoms with Crippen LogP contribution in [-0.4, -0.2) is 22.9 Å². The first-order valence-electron chi connectivity index (χ1n) is 7.65. The number of aromatic nitrogens is 2. The molecule has 1 unspecified atom stereocenters. The molecule has 1 atom stereocenters. The van der Waals surface area contributed by atoms with E-state index in [1.807, 2.05) is 13.8 Å². The third kappa shape index (κ3) is 4.07. The van der Waals surface area contributed by atoms with Gasteiger partial charge in [0.15, 0.2) is 0 Å². The van der Waals surface area contributed by atoms with Crippen molar-refractivity contribution < 1.29 is 0 Å². The van der Waals surface area contributed by atoms with Gasteiger partial charge in [0.2, 0.25) is 0 Å². The summed E-state index contributed by atoms with van der Waals surface area (Å²) in [6, 6.07) is 3.92. The summed E-state index contributed by atoms with van der Waals surface area (Å²) in [5, 5.41) is 13.3. The summed E-state index contributed by atoms with van der Waals surface area (Å²) in [5.41, 5.74) is 0.407. The Labute approximate surface area is 126 Å². The van der Waals surface area contributed by atoms with Crippen molar-refractivity contribution >= 4 is 5.69 Å². The van der Waals surface area contributed by atoms with Crippen molar-refractivity contribution in [1.82, 2.24) is 9.78 Å². The van der Waals surface area contributed by atoms with E-state index in [1.54, 1.807) is 12.3 Å². The van der Waals surface area contributed by atoms with Crippen molar-refractivity contribution in [2.24, 2.45) is 11.3 Å². The summed E-state index contributed by atoms with van der Waals surface area (Å²) >= 11 is 0. The average molecular weight is 288 g/mol. The minimum absolute atomic E-state index is 0.0838. The largest absolute Gasteiger partial charge is 0.370 e. The van der Waals surface area contributed by atoms with Gasteiger partial charge in [-0.2, -0.15) is 10.4 Å². The third-order valence-corrected chi connectivity index (χ3v) is 4.13. The summed E-state index contributed by atoms with van der Waals surface area (Å²) in [6.07, 6.45) is 4.82. The molecular formula is C16H24N4O. The van der Waals surface area contributed by atoms with Gasteiger partial charge in [-0.15, -0.1) is 0 Å². The van der Waals surface area contributed by atoms with Crippen molar-refractivity contribution in [3.63, 3.8) is 0 Å². The summed E-state index contributed by atoms with van der Waals surface area (Å²) in [6.45, 7) is 8.47. The van der Waals surface area contributed by atoms with Crippen molar-refractivity contribution in [3.8, 4) is 6.07 Å². The zero-order valence-electron chi connectivity index (χ0n) is 13.2. The zero-order valence-corrected chi connectivity index (χ0v) is 13.2. The maximum absolute atomic E-state index is 12.2. The van der Waals surface area contributed by atoms with Gasteiger partial charge in [-0.1, -0.05) is 6.92 Å². The lowest BCUT2D eigenvalue weighted by Gasteiger charge is -2.32.